The lowest BCUT2D eigenvalue weighted by molar-refractivity contribution is -0.161. The third-order valence-electron chi connectivity index (χ3n) is 11.8. The smallest absolute Gasteiger partial charge is 0.462 e. The number of esters is 2. The average Bonchev–Trinajstić information content (AvgIpc) is 3.28. The van der Waals surface area contributed by atoms with Crippen molar-refractivity contribution in [1.82, 2.24) is 0 Å². The van der Waals surface area contributed by atoms with Crippen LogP contribution in [0.4, 0.5) is 0 Å². The summed E-state index contributed by atoms with van der Waals surface area (Å²) in [6, 6.07) is 0. The van der Waals surface area contributed by atoms with Crippen LogP contribution in [0.2, 0.25) is 0 Å². The van der Waals surface area contributed by atoms with E-state index in [0.29, 0.717) is 6.42 Å². The van der Waals surface area contributed by atoms with E-state index >= 15 is 0 Å². The van der Waals surface area contributed by atoms with Crippen LogP contribution in [0.5, 0.6) is 0 Å². The van der Waals surface area contributed by atoms with E-state index in [9.17, 15) is 19.0 Å². The quantitative estimate of drug-likeness (QED) is 0.0265. The summed E-state index contributed by atoms with van der Waals surface area (Å²) in [6.07, 6.45) is 59.1. The Morgan fingerprint density at radius 3 is 1.20 bits per heavy atom. The normalized spacial score (nSPS) is 13.4. The van der Waals surface area contributed by atoms with E-state index in [1.54, 1.807) is 0 Å². The highest BCUT2D eigenvalue weighted by atomic mass is 31.2. The van der Waals surface area contributed by atoms with E-state index in [1.807, 2.05) is 0 Å². The monoisotopic (exact) mass is 924 g/mol. The Labute approximate surface area is 394 Å². The number of hydrogen-bond acceptors (Lipinski definition) is 8. The molecule has 2 unspecified atom stereocenters. The summed E-state index contributed by atoms with van der Waals surface area (Å²) < 4.78 is 32.9. The summed E-state index contributed by atoms with van der Waals surface area (Å²) in [6.45, 7) is 3.76. The highest BCUT2D eigenvalue weighted by molar-refractivity contribution is 7.47. The zero-order valence-corrected chi connectivity index (χ0v) is 42.7. The van der Waals surface area contributed by atoms with Gasteiger partial charge in [0.25, 0.3) is 0 Å². The summed E-state index contributed by atoms with van der Waals surface area (Å²) in [5, 5.41) is 0. The maximum absolute atomic E-state index is 12.7. The van der Waals surface area contributed by atoms with Crippen molar-refractivity contribution in [2.24, 2.45) is 5.73 Å². The summed E-state index contributed by atoms with van der Waals surface area (Å²) in [5.41, 5.74) is 5.37. The van der Waals surface area contributed by atoms with Crippen molar-refractivity contribution in [2.45, 2.75) is 270 Å². The molecule has 0 amide bonds. The first-order chi connectivity index (χ1) is 31.3. The van der Waals surface area contributed by atoms with E-state index in [-0.39, 0.29) is 38.6 Å². The molecule has 376 valence electrons. The number of phosphoric acid groups is 1. The summed E-state index contributed by atoms with van der Waals surface area (Å²) in [4.78, 5) is 35.0. The zero-order chi connectivity index (χ0) is 46.7. The number of carbonyl (C=O) groups excluding carboxylic acids is 2. The molecule has 0 radical (unpaired) electrons. The molecular formula is C54H102NO8P. The van der Waals surface area contributed by atoms with E-state index < -0.39 is 26.5 Å². The minimum absolute atomic E-state index is 0.0549. The summed E-state index contributed by atoms with van der Waals surface area (Å²) >= 11 is 0. The van der Waals surface area contributed by atoms with Gasteiger partial charge in [0.2, 0.25) is 0 Å². The lowest BCUT2D eigenvalue weighted by Crippen LogP contribution is -2.29. The molecular weight excluding hydrogens is 822 g/mol. The van der Waals surface area contributed by atoms with Gasteiger partial charge in [0.1, 0.15) is 6.61 Å². The predicted octanol–water partition coefficient (Wildman–Crippen LogP) is 16.5. The fourth-order valence-electron chi connectivity index (χ4n) is 7.76. The molecule has 0 aromatic rings. The maximum atomic E-state index is 12.7. The molecule has 0 aliphatic heterocycles. The van der Waals surface area contributed by atoms with Gasteiger partial charge in [0, 0.05) is 19.4 Å². The SMILES string of the molecule is CCCCCCC/C=C\C/C=C\C/C=C\CCCCCCCCCCCCCCCCC(=O)OC(COC(=O)CCCCCCCCCCCCCCCC)COP(=O)(O)OCCN. The Hall–Kier alpha value is -1.77. The molecule has 0 aliphatic carbocycles. The fraction of sp³-hybridized carbons (Fsp3) is 0.852. The van der Waals surface area contributed by atoms with Gasteiger partial charge in [-0.3, -0.25) is 18.6 Å². The molecule has 0 saturated carbocycles. The van der Waals surface area contributed by atoms with Crippen molar-refractivity contribution in [3.05, 3.63) is 36.5 Å². The van der Waals surface area contributed by atoms with E-state index in [1.165, 1.54) is 180 Å². The van der Waals surface area contributed by atoms with Crippen LogP contribution in [0, 0.1) is 0 Å². The molecule has 0 spiro atoms. The van der Waals surface area contributed by atoms with Crippen LogP contribution in [0.3, 0.4) is 0 Å². The molecule has 0 aromatic heterocycles. The predicted molar refractivity (Wildman–Crippen MR) is 270 cm³/mol. The number of nitrogens with two attached hydrogens (primary N) is 1. The first kappa shape index (κ1) is 62.2. The Kier molecular flexibility index (Phi) is 49.2. The van der Waals surface area contributed by atoms with Gasteiger partial charge in [0.15, 0.2) is 6.10 Å². The molecule has 0 rings (SSSR count). The second kappa shape index (κ2) is 50.6. The standard InChI is InChI=1S/C54H102NO8P/c1-3-5-7-9-11-13-15-17-19-20-21-22-23-24-25-26-27-28-29-30-31-32-33-35-37-39-41-43-45-47-54(57)63-52(51-62-64(58,59)61-49-48-55)50-60-53(56)46-44-42-40-38-36-34-18-16-14-12-10-8-6-4-2/h15,17,20-21,23-24,52H,3-14,16,18-19,22,25-51,55H2,1-2H3,(H,58,59)/b17-15-,21-20-,24-23-. The summed E-state index contributed by atoms with van der Waals surface area (Å²) in [7, 11) is -4.38. The lowest BCUT2D eigenvalue weighted by Gasteiger charge is -2.19. The first-order valence-electron chi connectivity index (χ1n) is 27.0. The van der Waals surface area contributed by atoms with Gasteiger partial charge >= 0.3 is 19.8 Å². The van der Waals surface area contributed by atoms with Crippen molar-refractivity contribution >= 4 is 19.8 Å². The average molecular weight is 924 g/mol. The largest absolute Gasteiger partial charge is 0.472 e. The van der Waals surface area contributed by atoms with Crippen LogP contribution in [0.15, 0.2) is 36.5 Å². The highest BCUT2D eigenvalue weighted by Crippen LogP contribution is 2.43. The molecule has 0 heterocycles. The topological polar surface area (TPSA) is 134 Å². The van der Waals surface area contributed by atoms with Crippen LogP contribution < -0.4 is 5.73 Å². The molecule has 9 nitrogen and oxygen atoms in total. The number of ether oxygens (including phenoxy) is 2. The number of rotatable bonds is 51. The van der Waals surface area contributed by atoms with Gasteiger partial charge in [0.05, 0.1) is 13.2 Å². The van der Waals surface area contributed by atoms with E-state index in [2.05, 4.69) is 50.3 Å². The number of phosphoric ester groups is 1. The minimum atomic E-state index is -4.38. The Bertz CT molecular complexity index is 1140. The second-order valence-corrected chi connectivity index (χ2v) is 19.6. The lowest BCUT2D eigenvalue weighted by atomic mass is 10.0. The molecule has 2 atom stereocenters. The molecule has 10 heteroatoms. The van der Waals surface area contributed by atoms with Gasteiger partial charge in [-0.1, -0.05) is 237 Å². The Morgan fingerprint density at radius 2 is 0.812 bits per heavy atom. The van der Waals surface area contributed by atoms with Gasteiger partial charge < -0.3 is 20.1 Å². The van der Waals surface area contributed by atoms with Crippen molar-refractivity contribution < 1.29 is 37.6 Å². The van der Waals surface area contributed by atoms with Crippen molar-refractivity contribution in [2.75, 3.05) is 26.4 Å². The Balaban J connectivity index is 3.93. The van der Waals surface area contributed by atoms with Gasteiger partial charge in [-0.05, 0) is 51.4 Å². The number of unbranched alkanes of at least 4 members (excludes halogenated alkanes) is 32. The molecule has 0 saturated heterocycles. The van der Waals surface area contributed by atoms with Crippen molar-refractivity contribution in [3.63, 3.8) is 0 Å². The number of hydrogen-bond donors (Lipinski definition) is 2. The van der Waals surface area contributed by atoms with Gasteiger partial charge in [-0.2, -0.15) is 0 Å². The molecule has 0 aliphatic rings. The van der Waals surface area contributed by atoms with Crippen molar-refractivity contribution in [3.8, 4) is 0 Å². The van der Waals surface area contributed by atoms with E-state index in [4.69, 9.17) is 24.3 Å². The zero-order valence-electron chi connectivity index (χ0n) is 41.8. The van der Waals surface area contributed by atoms with Crippen LogP contribution in [-0.4, -0.2) is 49.3 Å². The highest BCUT2D eigenvalue weighted by Gasteiger charge is 2.26. The van der Waals surface area contributed by atoms with Gasteiger partial charge in [-0.15, -0.1) is 0 Å². The summed E-state index contributed by atoms with van der Waals surface area (Å²) in [5.74, 6) is -0.817. The number of carbonyl (C=O) groups is 2. The molecule has 0 fully saturated rings. The minimum Gasteiger partial charge on any atom is -0.462 e. The van der Waals surface area contributed by atoms with Crippen LogP contribution in [0.1, 0.15) is 264 Å². The third kappa shape index (κ3) is 49.7. The van der Waals surface area contributed by atoms with Crippen LogP contribution in [-0.2, 0) is 32.7 Å². The second-order valence-electron chi connectivity index (χ2n) is 18.1. The van der Waals surface area contributed by atoms with Crippen LogP contribution in [0.25, 0.3) is 0 Å². The molecule has 0 aromatic carbocycles. The molecule has 0 bridgehead atoms. The first-order valence-corrected chi connectivity index (χ1v) is 28.5. The van der Waals surface area contributed by atoms with Gasteiger partial charge in [-0.25, -0.2) is 4.57 Å². The molecule has 64 heavy (non-hydrogen) atoms. The number of allylic oxidation sites excluding steroid dienone is 6. The Morgan fingerprint density at radius 1 is 0.469 bits per heavy atom. The van der Waals surface area contributed by atoms with Crippen LogP contribution >= 0.6 is 7.82 Å². The van der Waals surface area contributed by atoms with Crippen molar-refractivity contribution in [1.29, 1.82) is 0 Å². The molecule has 3 N–H and O–H groups in total. The van der Waals surface area contributed by atoms with E-state index in [0.717, 1.165) is 51.4 Å². The maximum Gasteiger partial charge on any atom is 0.472 e. The third-order valence-corrected chi connectivity index (χ3v) is 12.8. The fourth-order valence-corrected chi connectivity index (χ4v) is 8.53.